The number of sulfonamides is 1. The highest BCUT2D eigenvalue weighted by Gasteiger charge is 2.23. The van der Waals surface area contributed by atoms with Crippen LogP contribution in [0.3, 0.4) is 0 Å². The van der Waals surface area contributed by atoms with Gasteiger partial charge in [-0.05, 0) is 36.6 Å². The van der Waals surface area contributed by atoms with Crippen molar-refractivity contribution in [2.75, 3.05) is 29.0 Å². The van der Waals surface area contributed by atoms with Gasteiger partial charge in [0.25, 0.3) is 0 Å². The third-order valence-corrected chi connectivity index (χ3v) is 5.91. The summed E-state index contributed by atoms with van der Waals surface area (Å²) in [5, 5.41) is 4.31. The van der Waals surface area contributed by atoms with Crippen LogP contribution in [0.1, 0.15) is 17.3 Å². The first-order valence-corrected chi connectivity index (χ1v) is 11.7. The summed E-state index contributed by atoms with van der Waals surface area (Å²) in [6, 6.07) is 16.9. The number of hydrogen-bond donors (Lipinski definition) is 1. The van der Waals surface area contributed by atoms with E-state index in [2.05, 4.69) is 5.32 Å². The Balaban J connectivity index is 1.84. The number of carbonyl (C=O) groups is 2. The quantitative estimate of drug-likeness (QED) is 0.536. The smallest absolute Gasteiger partial charge is 0.339 e. The number of rotatable bonds is 7. The van der Waals surface area contributed by atoms with Crippen LogP contribution in [0.2, 0.25) is 5.02 Å². The molecular weight excluding hydrogens is 440 g/mol. The fourth-order valence-electron chi connectivity index (χ4n) is 3.11. The van der Waals surface area contributed by atoms with Gasteiger partial charge in [-0.1, -0.05) is 48.0 Å². The highest BCUT2D eigenvalue weighted by atomic mass is 35.5. The van der Waals surface area contributed by atoms with Gasteiger partial charge in [-0.15, -0.1) is 0 Å². The highest BCUT2D eigenvalue weighted by Crippen LogP contribution is 2.28. The van der Waals surface area contributed by atoms with E-state index in [0.717, 1.165) is 15.9 Å². The van der Waals surface area contributed by atoms with Crippen molar-refractivity contribution in [3.63, 3.8) is 0 Å². The lowest BCUT2D eigenvalue weighted by molar-refractivity contribution is -0.114. The van der Waals surface area contributed by atoms with Crippen LogP contribution in [0, 0.1) is 0 Å². The number of amides is 1. The first kappa shape index (κ1) is 22.6. The van der Waals surface area contributed by atoms with Gasteiger partial charge < -0.3 is 10.1 Å². The number of esters is 1. The second-order valence-corrected chi connectivity index (χ2v) is 9.05. The van der Waals surface area contributed by atoms with Crippen LogP contribution in [-0.4, -0.2) is 39.7 Å². The van der Waals surface area contributed by atoms with Crippen molar-refractivity contribution in [1.82, 2.24) is 0 Å². The Morgan fingerprint density at radius 2 is 1.77 bits per heavy atom. The summed E-state index contributed by atoms with van der Waals surface area (Å²) in [4.78, 5) is 24.5. The molecule has 0 bridgehead atoms. The molecule has 0 aliphatic carbocycles. The molecule has 0 spiro atoms. The summed E-state index contributed by atoms with van der Waals surface area (Å²) in [6.45, 7) is 1.47. The van der Waals surface area contributed by atoms with Crippen LogP contribution < -0.4 is 9.62 Å². The molecule has 0 unspecified atom stereocenters. The van der Waals surface area contributed by atoms with Crippen molar-refractivity contribution in [2.24, 2.45) is 0 Å². The van der Waals surface area contributed by atoms with Crippen molar-refractivity contribution >= 4 is 55.6 Å². The molecule has 3 aromatic carbocycles. The maximum Gasteiger partial charge on any atom is 0.339 e. The van der Waals surface area contributed by atoms with Crippen LogP contribution in [0.25, 0.3) is 10.8 Å². The number of carbonyl (C=O) groups excluding carboxylic acids is 2. The number of halogens is 1. The van der Waals surface area contributed by atoms with Crippen LogP contribution in [0.15, 0.2) is 60.7 Å². The van der Waals surface area contributed by atoms with E-state index >= 15 is 0 Å². The van der Waals surface area contributed by atoms with Crippen molar-refractivity contribution < 1.29 is 22.7 Å². The van der Waals surface area contributed by atoms with Gasteiger partial charge in [-0.3, -0.25) is 9.10 Å². The van der Waals surface area contributed by atoms with Crippen LogP contribution in [-0.2, 0) is 19.6 Å². The molecule has 162 valence electrons. The summed E-state index contributed by atoms with van der Waals surface area (Å²) in [5.74, 6) is -1.12. The Labute approximate surface area is 185 Å². The molecule has 0 aliphatic heterocycles. The molecular formula is C22H21ClN2O5S. The molecule has 1 N–H and O–H groups in total. The molecule has 31 heavy (non-hydrogen) atoms. The predicted octanol–water partition coefficient (Wildman–Crippen LogP) is 4.07. The van der Waals surface area contributed by atoms with E-state index in [1.807, 2.05) is 18.2 Å². The Hall–Kier alpha value is -3.10. The lowest BCUT2D eigenvalue weighted by Crippen LogP contribution is -2.37. The molecule has 7 nitrogen and oxygen atoms in total. The van der Waals surface area contributed by atoms with Gasteiger partial charge in [0.15, 0.2) is 0 Å². The number of benzene rings is 3. The summed E-state index contributed by atoms with van der Waals surface area (Å²) in [7, 11) is -3.74. The third-order valence-electron chi connectivity index (χ3n) is 4.47. The van der Waals surface area contributed by atoms with Crippen molar-refractivity contribution in [2.45, 2.75) is 6.92 Å². The van der Waals surface area contributed by atoms with Crippen LogP contribution in [0.5, 0.6) is 0 Å². The van der Waals surface area contributed by atoms with Crippen LogP contribution in [0.4, 0.5) is 11.4 Å². The van der Waals surface area contributed by atoms with Gasteiger partial charge in [-0.25, -0.2) is 13.2 Å². The molecule has 3 rings (SSSR count). The van der Waals surface area contributed by atoms with Gasteiger partial charge in [0.2, 0.25) is 15.9 Å². The first-order valence-electron chi connectivity index (χ1n) is 9.42. The predicted molar refractivity (Wildman–Crippen MR) is 122 cm³/mol. The maximum absolute atomic E-state index is 12.7. The maximum atomic E-state index is 12.7. The summed E-state index contributed by atoms with van der Waals surface area (Å²) in [6.07, 6.45) is 1.05. The standard InChI is InChI=1S/C22H21ClN2O5S/c1-3-30-22(27)18-12-11-16(13-19(18)23)24-21(26)14-25(31(2,28)29)20-10-6-8-15-7-4-5-9-17(15)20/h4-13H,3,14H2,1-2H3,(H,24,26). The molecule has 0 fully saturated rings. The molecule has 0 heterocycles. The monoisotopic (exact) mass is 460 g/mol. The number of fused-ring (bicyclic) bond motifs is 1. The zero-order valence-corrected chi connectivity index (χ0v) is 18.5. The molecule has 1 amide bonds. The van der Waals surface area contributed by atoms with Gasteiger partial charge in [0.05, 0.1) is 29.1 Å². The Morgan fingerprint density at radius 3 is 2.45 bits per heavy atom. The van der Waals surface area contributed by atoms with E-state index in [1.165, 1.54) is 18.2 Å². The SMILES string of the molecule is CCOC(=O)c1ccc(NC(=O)CN(c2cccc3ccccc23)S(C)(=O)=O)cc1Cl. The van der Waals surface area contributed by atoms with Gasteiger partial charge in [0.1, 0.15) is 6.54 Å². The van der Waals surface area contributed by atoms with E-state index in [1.54, 1.807) is 31.2 Å². The fourth-order valence-corrected chi connectivity index (χ4v) is 4.23. The minimum atomic E-state index is -3.74. The van der Waals surface area contributed by atoms with Crippen molar-refractivity contribution in [3.05, 3.63) is 71.2 Å². The molecule has 3 aromatic rings. The Morgan fingerprint density at radius 1 is 1.06 bits per heavy atom. The molecule has 9 heteroatoms. The minimum Gasteiger partial charge on any atom is -0.462 e. The molecule has 0 saturated carbocycles. The average Bonchev–Trinajstić information content (AvgIpc) is 2.71. The second kappa shape index (κ2) is 9.36. The fraction of sp³-hybridized carbons (Fsp3) is 0.182. The van der Waals surface area contributed by atoms with E-state index in [4.69, 9.17) is 16.3 Å². The molecule has 0 saturated heterocycles. The molecule has 0 aliphatic rings. The zero-order chi connectivity index (χ0) is 22.6. The van der Waals surface area contributed by atoms with Gasteiger partial charge in [0, 0.05) is 11.1 Å². The molecule has 0 radical (unpaired) electrons. The molecule has 0 aromatic heterocycles. The highest BCUT2D eigenvalue weighted by molar-refractivity contribution is 7.92. The summed E-state index contributed by atoms with van der Waals surface area (Å²) >= 11 is 6.12. The first-order chi connectivity index (χ1) is 14.7. The second-order valence-electron chi connectivity index (χ2n) is 6.73. The van der Waals surface area contributed by atoms with Gasteiger partial charge >= 0.3 is 5.97 Å². The third kappa shape index (κ3) is 5.34. The van der Waals surface area contributed by atoms with Gasteiger partial charge in [-0.2, -0.15) is 0 Å². The van der Waals surface area contributed by atoms with Crippen molar-refractivity contribution in [1.29, 1.82) is 0 Å². The van der Waals surface area contributed by atoms with E-state index < -0.39 is 28.4 Å². The van der Waals surface area contributed by atoms with E-state index in [-0.39, 0.29) is 17.2 Å². The largest absolute Gasteiger partial charge is 0.462 e. The number of anilines is 2. The van der Waals surface area contributed by atoms with E-state index in [9.17, 15) is 18.0 Å². The number of hydrogen-bond acceptors (Lipinski definition) is 5. The lowest BCUT2D eigenvalue weighted by Gasteiger charge is -2.23. The summed E-state index contributed by atoms with van der Waals surface area (Å²) in [5.41, 5.74) is 0.913. The van der Waals surface area contributed by atoms with Crippen molar-refractivity contribution in [3.8, 4) is 0 Å². The Kier molecular flexibility index (Phi) is 6.82. The normalized spacial score (nSPS) is 11.2. The zero-order valence-electron chi connectivity index (χ0n) is 17.0. The number of ether oxygens (including phenoxy) is 1. The molecule has 0 atom stereocenters. The number of nitrogens with one attached hydrogen (secondary N) is 1. The lowest BCUT2D eigenvalue weighted by atomic mass is 10.1. The minimum absolute atomic E-state index is 0.116. The topological polar surface area (TPSA) is 92.8 Å². The Bertz CT molecular complexity index is 1240. The van der Waals surface area contributed by atoms with Crippen LogP contribution >= 0.6 is 11.6 Å². The van der Waals surface area contributed by atoms with E-state index in [0.29, 0.717) is 16.8 Å². The summed E-state index contributed by atoms with van der Waals surface area (Å²) < 4.78 is 30.9. The average molecular weight is 461 g/mol. The number of nitrogens with zero attached hydrogens (tertiary/aromatic N) is 1.